The fraction of sp³-hybridized carbons (Fsp3) is 0.204. The van der Waals surface area contributed by atoms with Crippen molar-refractivity contribution in [1.29, 1.82) is 0 Å². The van der Waals surface area contributed by atoms with E-state index in [1.54, 1.807) is 119 Å². The molecule has 0 aliphatic rings. The number of carbonyl (C=O) groups is 5. The molecule has 6 aromatic rings. The zero-order valence-electron chi connectivity index (χ0n) is 41.0. The maximum atomic E-state index is 13.4. The highest BCUT2D eigenvalue weighted by Gasteiger charge is 2.30. The fourth-order valence-electron chi connectivity index (χ4n) is 7.14. The van der Waals surface area contributed by atoms with Gasteiger partial charge < -0.3 is 29.9 Å². The minimum Gasteiger partial charge on any atom is -0.490 e. The van der Waals surface area contributed by atoms with Crippen molar-refractivity contribution >= 4 is 61.1 Å². The van der Waals surface area contributed by atoms with Gasteiger partial charge in [0.05, 0.1) is 9.79 Å². The van der Waals surface area contributed by atoms with Crippen LogP contribution in [0.4, 0.5) is 21.0 Å². The van der Waals surface area contributed by atoms with Gasteiger partial charge in [0.1, 0.15) is 36.8 Å². The van der Waals surface area contributed by atoms with Crippen LogP contribution in [-0.2, 0) is 47.3 Å². The van der Waals surface area contributed by atoms with Crippen molar-refractivity contribution in [2.45, 2.75) is 55.5 Å². The minimum absolute atomic E-state index is 0.0121. The zero-order chi connectivity index (χ0) is 53.1. The number of Topliss-reactive ketones (excluding diaryl/α,β-unsaturated/α-hetero) is 1. The Kier molecular flexibility index (Phi) is 20.0. The molecule has 0 heterocycles. The van der Waals surface area contributed by atoms with Crippen molar-refractivity contribution in [2.75, 3.05) is 37.1 Å². The molecule has 0 aliphatic carbocycles. The summed E-state index contributed by atoms with van der Waals surface area (Å²) in [4.78, 5) is 66.2. The number of rotatable bonds is 20. The third-order valence-corrected chi connectivity index (χ3v) is 13.9. The van der Waals surface area contributed by atoms with Gasteiger partial charge in [-0.2, -0.15) is 0 Å². The van der Waals surface area contributed by atoms with Gasteiger partial charge in [-0.1, -0.05) is 110 Å². The summed E-state index contributed by atoms with van der Waals surface area (Å²) in [7, 11) is -5.14. The van der Waals surface area contributed by atoms with Crippen LogP contribution in [0.1, 0.15) is 29.2 Å². The first-order valence-corrected chi connectivity index (χ1v) is 25.7. The highest BCUT2D eigenvalue weighted by molar-refractivity contribution is 7.90. The number of aryl methyl sites for hydroxylation is 2. The van der Waals surface area contributed by atoms with E-state index in [0.717, 1.165) is 11.1 Å². The summed E-state index contributed by atoms with van der Waals surface area (Å²) >= 11 is 0. The predicted molar refractivity (Wildman–Crippen MR) is 280 cm³/mol. The number of urea groups is 2. The molecule has 19 heteroatoms. The molecule has 4 N–H and O–H groups in total. The molecule has 0 spiro atoms. The third-order valence-electron chi connectivity index (χ3n) is 10.9. The summed E-state index contributed by atoms with van der Waals surface area (Å²) in [5.41, 5.74) is 3.67. The van der Waals surface area contributed by atoms with Crippen LogP contribution in [0, 0.1) is 13.8 Å². The molecule has 17 nitrogen and oxygen atoms in total. The fourth-order valence-corrected chi connectivity index (χ4v) is 9.46. The number of nitrogens with zero attached hydrogens (tertiary/aromatic N) is 2. The molecule has 0 saturated heterocycles. The number of sulfonamides is 2. The van der Waals surface area contributed by atoms with Crippen LogP contribution in [0.25, 0.3) is 0 Å². The quantitative estimate of drug-likeness (QED) is 0.0567. The van der Waals surface area contributed by atoms with E-state index in [1.165, 1.54) is 28.9 Å². The van der Waals surface area contributed by atoms with Gasteiger partial charge in [0, 0.05) is 38.3 Å². The monoisotopic (exact) mass is 1030 g/mol. The van der Waals surface area contributed by atoms with E-state index in [4.69, 9.17) is 9.47 Å². The first-order valence-electron chi connectivity index (χ1n) is 22.7. The lowest BCUT2D eigenvalue weighted by Crippen LogP contribution is -2.52. The number of ketones is 1. The van der Waals surface area contributed by atoms with Crippen molar-refractivity contribution < 1.29 is 50.3 Å². The summed E-state index contributed by atoms with van der Waals surface area (Å²) in [6, 6.07) is 40.2. The molecule has 6 amide bonds. The normalized spacial score (nSPS) is 11.7. The molecule has 0 bridgehead atoms. The Balaban J connectivity index is 0.000000271. The lowest BCUT2D eigenvalue weighted by molar-refractivity contribution is -0.120. The van der Waals surface area contributed by atoms with E-state index in [9.17, 15) is 40.8 Å². The van der Waals surface area contributed by atoms with Gasteiger partial charge in [-0.25, -0.2) is 35.9 Å². The van der Waals surface area contributed by atoms with Crippen LogP contribution < -0.4 is 39.4 Å². The first kappa shape index (κ1) is 55.6. The van der Waals surface area contributed by atoms with Crippen LogP contribution in [0.3, 0.4) is 0 Å². The summed E-state index contributed by atoms with van der Waals surface area (Å²) in [5, 5.41) is 5.07. The number of hydrogen-bond donors (Lipinski definition) is 4. The van der Waals surface area contributed by atoms with E-state index in [2.05, 4.69) is 17.2 Å². The van der Waals surface area contributed by atoms with Crippen LogP contribution in [0.5, 0.6) is 11.5 Å². The van der Waals surface area contributed by atoms with Crippen LogP contribution in [0.15, 0.2) is 180 Å². The molecular formula is C54H58N6O11S2. The number of ether oxygens (including phenoxy) is 2. The van der Waals surface area contributed by atoms with Gasteiger partial charge in [-0.3, -0.25) is 14.4 Å². The van der Waals surface area contributed by atoms with Crippen LogP contribution in [0.2, 0.25) is 0 Å². The number of likely N-dealkylation sites (N-methyl/N-ethyl adjacent to an activating group) is 2. The Morgan fingerprint density at radius 1 is 0.534 bits per heavy atom. The molecule has 2 atom stereocenters. The lowest BCUT2D eigenvalue weighted by Gasteiger charge is -2.25. The molecule has 0 aliphatic heterocycles. The zero-order valence-corrected chi connectivity index (χ0v) is 42.6. The summed E-state index contributed by atoms with van der Waals surface area (Å²) in [5.74, 6) is 0.111. The Morgan fingerprint density at radius 3 is 1.25 bits per heavy atom. The largest absolute Gasteiger partial charge is 0.490 e. The predicted octanol–water partition coefficient (Wildman–Crippen LogP) is 7.05. The van der Waals surface area contributed by atoms with E-state index >= 15 is 0 Å². The van der Waals surface area contributed by atoms with Crippen LogP contribution >= 0.6 is 0 Å². The highest BCUT2D eigenvalue weighted by Crippen LogP contribution is 2.22. The number of amides is 6. The second-order valence-electron chi connectivity index (χ2n) is 16.5. The van der Waals surface area contributed by atoms with E-state index in [0.29, 0.717) is 40.6 Å². The molecule has 6 aromatic carbocycles. The number of nitrogens with one attached hydrogen (secondary N) is 4. The Morgan fingerprint density at radius 2 is 0.890 bits per heavy atom. The van der Waals surface area contributed by atoms with Crippen molar-refractivity contribution in [1.82, 2.24) is 20.1 Å². The van der Waals surface area contributed by atoms with Crippen LogP contribution in [-0.4, -0.2) is 85.9 Å². The molecule has 0 radical (unpaired) electrons. The Bertz CT molecular complexity index is 3090. The van der Waals surface area contributed by atoms with Crippen molar-refractivity contribution in [3.63, 3.8) is 0 Å². The number of hydrogen-bond acceptors (Lipinski definition) is 11. The average molecular weight is 1030 g/mol. The van der Waals surface area contributed by atoms with Gasteiger partial charge >= 0.3 is 12.1 Å². The van der Waals surface area contributed by atoms with Crippen molar-refractivity contribution in [3.05, 3.63) is 193 Å². The maximum absolute atomic E-state index is 13.4. The van der Waals surface area contributed by atoms with E-state index in [1.807, 2.05) is 70.1 Å². The molecule has 0 unspecified atom stereocenters. The SMILES string of the molecule is C=CCOc1ccc(N(C)C(=O)[C@H](Cc2ccccc2)NC(=O)NS(=O)(=O)c2ccccc2C)cc1.CC(=O)COc1ccc(N(C)C(=O)[C@H](Cc2ccccc2)NC(=O)NS(=O)(=O)c2ccccc2C)cc1. The highest BCUT2D eigenvalue weighted by atomic mass is 32.2. The second kappa shape index (κ2) is 26.2. The average Bonchev–Trinajstić information content (AvgIpc) is 3.37. The molecule has 382 valence electrons. The summed E-state index contributed by atoms with van der Waals surface area (Å²) < 4.78 is 65.9. The molecule has 0 saturated carbocycles. The number of benzene rings is 6. The molecule has 0 fully saturated rings. The van der Waals surface area contributed by atoms with Crippen molar-refractivity contribution in [2.24, 2.45) is 0 Å². The molecule has 6 rings (SSSR count). The van der Waals surface area contributed by atoms with Gasteiger partial charge in [0.15, 0.2) is 5.78 Å². The Labute approximate surface area is 426 Å². The van der Waals surface area contributed by atoms with Gasteiger partial charge in [-0.15, -0.1) is 0 Å². The topological polar surface area (TPSA) is 227 Å². The van der Waals surface area contributed by atoms with Gasteiger partial charge in [-0.05, 0) is 104 Å². The van der Waals surface area contributed by atoms with Crippen molar-refractivity contribution in [3.8, 4) is 11.5 Å². The van der Waals surface area contributed by atoms with Gasteiger partial charge in [0.25, 0.3) is 20.0 Å². The molecular weight excluding hydrogens is 973 g/mol. The summed E-state index contributed by atoms with van der Waals surface area (Å²) in [6.07, 6.45) is 1.94. The maximum Gasteiger partial charge on any atom is 0.329 e. The van der Waals surface area contributed by atoms with E-state index in [-0.39, 0.29) is 35.0 Å². The number of carbonyl (C=O) groups excluding carboxylic acids is 5. The smallest absolute Gasteiger partial charge is 0.329 e. The third kappa shape index (κ3) is 16.7. The Hall–Kier alpha value is -8.29. The standard InChI is InChI=1S/C27H29N3O6S.C27H29N3O5S/c1-19-9-7-8-12-25(19)37(34,35)29-27(33)28-24(17-21-10-5-4-6-11-21)26(32)30(3)22-13-15-23(16-14-22)36-18-20(2)31;1-4-18-35-23-16-14-22(15-17-23)30(3)26(31)24(19-21-11-6-5-7-12-21)28-27(32)29-36(33,34)25-13-9-8-10-20(25)2/h4-16,24H,17-18H2,1-3H3,(H2,28,29,33);4-17,24H,1,18-19H2,2-3H3,(H2,28,29,32)/t2*24-/m00/s1. The number of anilines is 2. The molecule has 0 aromatic heterocycles. The van der Waals surface area contributed by atoms with Gasteiger partial charge in [0.2, 0.25) is 11.8 Å². The van der Waals surface area contributed by atoms with E-state index < -0.39 is 56.0 Å². The first-order chi connectivity index (χ1) is 34.8. The molecule has 73 heavy (non-hydrogen) atoms. The second-order valence-corrected chi connectivity index (χ2v) is 19.8. The lowest BCUT2D eigenvalue weighted by atomic mass is 10.0. The summed E-state index contributed by atoms with van der Waals surface area (Å²) in [6.45, 7) is 8.59. The minimum atomic E-state index is -4.15.